The first-order chi connectivity index (χ1) is 19.1. The van der Waals surface area contributed by atoms with Crippen molar-refractivity contribution >= 4 is 33.5 Å². The maximum Gasteiger partial charge on any atom is 0.141 e. The Kier molecular flexibility index (Phi) is 6.80. The van der Waals surface area contributed by atoms with Crippen LogP contribution in [-0.4, -0.2) is 21.6 Å². The van der Waals surface area contributed by atoms with Crippen LogP contribution in [0.4, 0.5) is 0 Å². The molecule has 0 saturated heterocycles. The van der Waals surface area contributed by atoms with Gasteiger partial charge in [-0.15, -0.1) is 0 Å². The molecule has 6 rings (SSSR count). The highest BCUT2D eigenvalue weighted by molar-refractivity contribution is 6.30. The summed E-state index contributed by atoms with van der Waals surface area (Å²) >= 11 is 6.15. The summed E-state index contributed by atoms with van der Waals surface area (Å²) < 4.78 is 7.96. The minimum Gasteiger partial charge on any atom is -0.497 e. The third-order valence-corrected chi connectivity index (χ3v) is 7.76. The van der Waals surface area contributed by atoms with Gasteiger partial charge < -0.3 is 9.30 Å². The minimum atomic E-state index is 0.392. The predicted octanol–water partition coefficient (Wildman–Crippen LogP) is 9.61. The third-order valence-electron chi connectivity index (χ3n) is 7.51. The first-order valence-electron chi connectivity index (χ1n) is 13.4. The molecule has 0 aliphatic heterocycles. The molecule has 194 valence electrons. The number of para-hydroxylation sites is 2. The molecule has 0 unspecified atom stereocenters. The van der Waals surface area contributed by atoms with Crippen LogP contribution >= 0.6 is 11.6 Å². The maximum atomic E-state index is 6.15. The zero-order chi connectivity index (χ0) is 26.9. The number of hydrogen-bond acceptors (Lipinski definition) is 3. The van der Waals surface area contributed by atoms with Gasteiger partial charge in [-0.3, -0.25) is 0 Å². The van der Waals surface area contributed by atoms with E-state index in [4.69, 9.17) is 26.3 Å². The molecular weight excluding hydrogens is 502 g/mol. The summed E-state index contributed by atoms with van der Waals surface area (Å²) in [6.07, 6.45) is 2.11. The van der Waals surface area contributed by atoms with Gasteiger partial charge in [-0.25, -0.2) is 9.97 Å². The first-order valence-corrected chi connectivity index (χ1v) is 13.8. The number of hydrogen-bond donors (Lipinski definition) is 0. The second kappa shape index (κ2) is 10.5. The maximum absolute atomic E-state index is 6.15. The van der Waals surface area contributed by atoms with E-state index in [1.165, 1.54) is 5.52 Å². The second-order valence-electron chi connectivity index (χ2n) is 9.79. The lowest BCUT2D eigenvalue weighted by Gasteiger charge is -2.19. The normalized spacial score (nSPS) is 11.5. The van der Waals surface area contributed by atoms with Crippen molar-refractivity contribution in [1.82, 2.24) is 14.5 Å². The van der Waals surface area contributed by atoms with E-state index in [1.54, 1.807) is 7.11 Å². The highest BCUT2D eigenvalue weighted by Crippen LogP contribution is 2.37. The number of imidazole rings is 1. The van der Waals surface area contributed by atoms with Crippen LogP contribution in [0.1, 0.15) is 32.7 Å². The Balaban J connectivity index is 1.46. The molecule has 0 amide bonds. The number of rotatable bonds is 7. The summed E-state index contributed by atoms with van der Waals surface area (Å²) in [7, 11) is 1.69. The first kappa shape index (κ1) is 25.1. The van der Waals surface area contributed by atoms with Gasteiger partial charge in [0.1, 0.15) is 11.6 Å². The van der Waals surface area contributed by atoms with Crippen molar-refractivity contribution in [2.75, 3.05) is 7.11 Å². The molecule has 0 spiro atoms. The molecule has 0 fully saturated rings. The molecule has 0 aliphatic rings. The summed E-state index contributed by atoms with van der Waals surface area (Å²) in [6, 6.07) is 33.5. The van der Waals surface area contributed by atoms with Crippen molar-refractivity contribution in [1.29, 1.82) is 0 Å². The average molecular weight is 532 g/mol. The average Bonchev–Trinajstić information content (AvgIpc) is 3.37. The van der Waals surface area contributed by atoms with Crippen LogP contribution in [0.25, 0.3) is 55.7 Å². The van der Waals surface area contributed by atoms with Crippen molar-refractivity contribution in [2.45, 2.75) is 32.7 Å². The van der Waals surface area contributed by atoms with Gasteiger partial charge in [0.05, 0.1) is 29.4 Å². The second-order valence-corrected chi connectivity index (χ2v) is 10.2. The fourth-order valence-corrected chi connectivity index (χ4v) is 5.56. The van der Waals surface area contributed by atoms with Crippen molar-refractivity contribution in [3.05, 3.63) is 102 Å². The standard InChI is InChI=1S/C34H30ClN3O/c1-4-26(5-2)38-33-9-7-6-8-32(33)37-34(38)24-13-18-30-23(20-24)12-19-31(36-30)29-21-27(39-3)16-17-28(29)22-10-14-25(35)15-11-22/h6-21,26H,4-5H2,1-3H3. The van der Waals surface area contributed by atoms with E-state index >= 15 is 0 Å². The number of halogens is 1. The number of benzene rings is 4. The molecule has 6 aromatic rings. The van der Waals surface area contributed by atoms with E-state index in [9.17, 15) is 0 Å². The van der Waals surface area contributed by atoms with Crippen LogP contribution < -0.4 is 4.74 Å². The topological polar surface area (TPSA) is 39.9 Å². The Morgan fingerprint density at radius 2 is 1.51 bits per heavy atom. The molecule has 0 radical (unpaired) electrons. The van der Waals surface area contributed by atoms with Crippen LogP contribution in [0.5, 0.6) is 5.75 Å². The van der Waals surface area contributed by atoms with Crippen molar-refractivity contribution in [2.24, 2.45) is 0 Å². The van der Waals surface area contributed by atoms with Gasteiger partial charge in [0, 0.05) is 27.6 Å². The van der Waals surface area contributed by atoms with E-state index in [0.29, 0.717) is 11.1 Å². The fraction of sp³-hybridized carbons (Fsp3) is 0.176. The summed E-state index contributed by atoms with van der Waals surface area (Å²) in [5, 5.41) is 1.79. The number of fused-ring (bicyclic) bond motifs is 2. The summed E-state index contributed by atoms with van der Waals surface area (Å²) in [5.74, 6) is 1.80. The van der Waals surface area contributed by atoms with E-state index in [0.717, 1.165) is 68.8 Å². The van der Waals surface area contributed by atoms with Gasteiger partial charge in [-0.2, -0.15) is 0 Å². The van der Waals surface area contributed by atoms with E-state index < -0.39 is 0 Å². The molecule has 0 aliphatic carbocycles. The quantitative estimate of drug-likeness (QED) is 0.206. The predicted molar refractivity (Wildman–Crippen MR) is 163 cm³/mol. The molecule has 5 heteroatoms. The Bertz CT molecular complexity index is 1790. The van der Waals surface area contributed by atoms with Gasteiger partial charge in [0.2, 0.25) is 0 Å². The highest BCUT2D eigenvalue weighted by Gasteiger charge is 2.19. The molecule has 4 aromatic carbocycles. The monoisotopic (exact) mass is 531 g/mol. The summed E-state index contributed by atoms with van der Waals surface area (Å²) in [4.78, 5) is 10.1. The molecular formula is C34H30ClN3O. The zero-order valence-corrected chi connectivity index (χ0v) is 23.1. The van der Waals surface area contributed by atoms with Crippen molar-refractivity contribution in [3.8, 4) is 39.5 Å². The lowest BCUT2D eigenvalue weighted by molar-refractivity contribution is 0.415. The Morgan fingerprint density at radius 1 is 0.744 bits per heavy atom. The number of ether oxygens (including phenoxy) is 1. The summed E-state index contributed by atoms with van der Waals surface area (Å²) in [6.45, 7) is 4.49. The number of aromatic nitrogens is 3. The van der Waals surface area contributed by atoms with Crippen LogP contribution in [-0.2, 0) is 0 Å². The largest absolute Gasteiger partial charge is 0.497 e. The van der Waals surface area contributed by atoms with Gasteiger partial charge in [-0.05, 0) is 84.6 Å². The fourth-order valence-electron chi connectivity index (χ4n) is 5.43. The molecule has 0 saturated carbocycles. The SMILES string of the molecule is CCC(CC)n1c(-c2ccc3nc(-c4cc(OC)ccc4-c4ccc(Cl)cc4)ccc3c2)nc2ccccc21. The van der Waals surface area contributed by atoms with Gasteiger partial charge in [0.25, 0.3) is 0 Å². The van der Waals surface area contributed by atoms with Crippen molar-refractivity contribution in [3.63, 3.8) is 0 Å². The number of methoxy groups -OCH3 is 1. The van der Waals surface area contributed by atoms with Gasteiger partial charge >= 0.3 is 0 Å². The third kappa shape index (κ3) is 4.66. The highest BCUT2D eigenvalue weighted by atomic mass is 35.5. The molecule has 0 N–H and O–H groups in total. The number of pyridine rings is 1. The zero-order valence-electron chi connectivity index (χ0n) is 22.4. The lowest BCUT2D eigenvalue weighted by Crippen LogP contribution is -2.08. The lowest BCUT2D eigenvalue weighted by atomic mass is 9.96. The number of nitrogens with zero attached hydrogens (tertiary/aromatic N) is 3. The Labute approximate surface area is 233 Å². The Hall–Kier alpha value is -4.15. The molecule has 4 nitrogen and oxygen atoms in total. The molecule has 2 heterocycles. The van der Waals surface area contributed by atoms with Crippen molar-refractivity contribution < 1.29 is 4.74 Å². The molecule has 2 aromatic heterocycles. The van der Waals surface area contributed by atoms with Crippen LogP contribution in [0.15, 0.2) is 97.1 Å². The van der Waals surface area contributed by atoms with E-state index in [1.807, 2.05) is 36.4 Å². The molecule has 0 bridgehead atoms. The van der Waals surface area contributed by atoms with Crippen LogP contribution in [0.3, 0.4) is 0 Å². The van der Waals surface area contributed by atoms with Gasteiger partial charge in [-0.1, -0.05) is 61.8 Å². The van der Waals surface area contributed by atoms with E-state index in [2.05, 4.69) is 79.1 Å². The van der Waals surface area contributed by atoms with E-state index in [-0.39, 0.29) is 0 Å². The summed E-state index contributed by atoms with van der Waals surface area (Å²) in [5.41, 5.74) is 8.31. The van der Waals surface area contributed by atoms with Crippen LogP contribution in [0, 0.1) is 0 Å². The smallest absolute Gasteiger partial charge is 0.141 e. The van der Waals surface area contributed by atoms with Crippen LogP contribution in [0.2, 0.25) is 5.02 Å². The minimum absolute atomic E-state index is 0.392. The van der Waals surface area contributed by atoms with Gasteiger partial charge in [0.15, 0.2) is 0 Å². The molecule has 0 atom stereocenters. The Morgan fingerprint density at radius 3 is 2.28 bits per heavy atom. The molecule has 39 heavy (non-hydrogen) atoms.